The standard InChI is InChI=1S/C24H30N2O4S/c1-19-8-10-20(11-9-19)18-21(27)12-17-31(29,30)23-7-3-2-6-22(23)24(28)25-13-16-26-14-4-5-15-26/h2-3,6-11H,4-5,12-18H2,1H3,(H,25,28). The molecule has 1 aliphatic rings. The predicted octanol–water partition coefficient (Wildman–Crippen LogP) is 2.80. The summed E-state index contributed by atoms with van der Waals surface area (Å²) in [5, 5.41) is 2.83. The first-order valence-electron chi connectivity index (χ1n) is 10.7. The number of hydrogen-bond acceptors (Lipinski definition) is 5. The molecule has 1 saturated heterocycles. The minimum absolute atomic E-state index is 0.0168. The Labute approximate surface area is 184 Å². The van der Waals surface area contributed by atoms with Gasteiger partial charge in [0.2, 0.25) is 0 Å². The van der Waals surface area contributed by atoms with Gasteiger partial charge in [-0.2, -0.15) is 0 Å². The van der Waals surface area contributed by atoms with Gasteiger partial charge in [0.05, 0.1) is 16.2 Å². The Morgan fingerprint density at radius 2 is 1.68 bits per heavy atom. The minimum Gasteiger partial charge on any atom is -0.351 e. The molecule has 0 radical (unpaired) electrons. The molecule has 2 aromatic carbocycles. The van der Waals surface area contributed by atoms with Crippen molar-refractivity contribution in [2.45, 2.75) is 37.5 Å². The van der Waals surface area contributed by atoms with E-state index in [1.165, 1.54) is 25.0 Å². The Bertz CT molecular complexity index is 1010. The zero-order valence-electron chi connectivity index (χ0n) is 18.0. The third kappa shape index (κ3) is 6.74. The van der Waals surface area contributed by atoms with Crippen LogP contribution in [-0.2, 0) is 21.1 Å². The van der Waals surface area contributed by atoms with E-state index in [0.29, 0.717) is 6.54 Å². The van der Waals surface area contributed by atoms with Crippen molar-refractivity contribution < 1.29 is 18.0 Å². The summed E-state index contributed by atoms with van der Waals surface area (Å²) in [6.45, 7) is 5.28. The molecular formula is C24H30N2O4S. The Hall–Kier alpha value is -2.51. The molecule has 0 atom stereocenters. The van der Waals surface area contributed by atoms with E-state index >= 15 is 0 Å². The van der Waals surface area contributed by atoms with Crippen LogP contribution in [0.25, 0.3) is 0 Å². The lowest BCUT2D eigenvalue weighted by atomic mass is 10.1. The largest absolute Gasteiger partial charge is 0.351 e. The molecule has 2 aromatic rings. The number of Topliss-reactive ketones (excluding diaryl/α,β-unsaturated/α-hetero) is 1. The summed E-state index contributed by atoms with van der Waals surface area (Å²) in [4.78, 5) is 27.2. The van der Waals surface area contributed by atoms with Gasteiger partial charge in [0.1, 0.15) is 5.78 Å². The van der Waals surface area contributed by atoms with Gasteiger partial charge in [0.25, 0.3) is 5.91 Å². The molecule has 1 amide bonds. The molecule has 0 aromatic heterocycles. The number of likely N-dealkylation sites (tertiary alicyclic amines) is 1. The highest BCUT2D eigenvalue weighted by atomic mass is 32.2. The molecule has 6 nitrogen and oxygen atoms in total. The summed E-state index contributed by atoms with van der Waals surface area (Å²) in [7, 11) is -3.76. The van der Waals surface area contributed by atoms with Crippen LogP contribution < -0.4 is 5.32 Å². The van der Waals surface area contributed by atoms with Gasteiger partial charge in [-0.05, 0) is 50.6 Å². The van der Waals surface area contributed by atoms with Crippen LogP contribution >= 0.6 is 0 Å². The van der Waals surface area contributed by atoms with Crippen LogP contribution in [0.3, 0.4) is 0 Å². The molecule has 3 rings (SSSR count). The van der Waals surface area contributed by atoms with Crippen molar-refractivity contribution in [3.8, 4) is 0 Å². The molecular weight excluding hydrogens is 412 g/mol. The van der Waals surface area contributed by atoms with E-state index < -0.39 is 15.7 Å². The molecule has 0 bridgehead atoms. The van der Waals surface area contributed by atoms with Crippen molar-refractivity contribution in [2.75, 3.05) is 31.9 Å². The van der Waals surface area contributed by atoms with Crippen molar-refractivity contribution in [2.24, 2.45) is 0 Å². The first-order valence-corrected chi connectivity index (χ1v) is 12.4. The highest BCUT2D eigenvalue weighted by Gasteiger charge is 2.23. The second kappa shape index (κ2) is 10.7. The summed E-state index contributed by atoms with van der Waals surface area (Å²) >= 11 is 0. The maximum absolute atomic E-state index is 12.9. The van der Waals surface area contributed by atoms with Gasteiger partial charge in [0, 0.05) is 25.9 Å². The average molecular weight is 443 g/mol. The molecule has 31 heavy (non-hydrogen) atoms. The summed E-state index contributed by atoms with van der Waals surface area (Å²) < 4.78 is 25.8. The molecule has 1 aliphatic heterocycles. The normalized spacial score (nSPS) is 14.5. The quantitative estimate of drug-likeness (QED) is 0.612. The second-order valence-electron chi connectivity index (χ2n) is 8.07. The number of amides is 1. The fourth-order valence-electron chi connectivity index (χ4n) is 3.73. The minimum atomic E-state index is -3.76. The highest BCUT2D eigenvalue weighted by Crippen LogP contribution is 2.18. The predicted molar refractivity (Wildman–Crippen MR) is 121 cm³/mol. The molecule has 1 fully saturated rings. The van der Waals surface area contributed by atoms with Crippen LogP contribution in [0.2, 0.25) is 0 Å². The highest BCUT2D eigenvalue weighted by molar-refractivity contribution is 7.91. The number of hydrogen-bond donors (Lipinski definition) is 1. The topological polar surface area (TPSA) is 83.5 Å². The zero-order valence-corrected chi connectivity index (χ0v) is 18.8. The first kappa shape index (κ1) is 23.2. The van der Waals surface area contributed by atoms with Crippen LogP contribution in [0.1, 0.15) is 40.7 Å². The van der Waals surface area contributed by atoms with Crippen LogP contribution in [0.5, 0.6) is 0 Å². The van der Waals surface area contributed by atoms with E-state index in [2.05, 4.69) is 10.2 Å². The van der Waals surface area contributed by atoms with Crippen molar-refractivity contribution >= 4 is 21.5 Å². The lowest BCUT2D eigenvalue weighted by molar-refractivity contribution is -0.118. The summed E-state index contributed by atoms with van der Waals surface area (Å²) in [6, 6.07) is 13.8. The summed E-state index contributed by atoms with van der Waals surface area (Å²) in [5.74, 6) is -0.847. The number of nitrogens with one attached hydrogen (secondary N) is 1. The van der Waals surface area contributed by atoms with E-state index in [4.69, 9.17) is 0 Å². The molecule has 1 N–H and O–H groups in total. The molecule has 166 valence electrons. The number of ketones is 1. The number of carbonyl (C=O) groups is 2. The number of nitrogens with zero attached hydrogens (tertiary/aromatic N) is 1. The van der Waals surface area contributed by atoms with E-state index in [0.717, 1.165) is 30.8 Å². The van der Waals surface area contributed by atoms with Crippen molar-refractivity contribution in [1.82, 2.24) is 10.2 Å². The SMILES string of the molecule is Cc1ccc(CC(=O)CCS(=O)(=O)c2ccccc2C(=O)NCCN2CCCC2)cc1. The fraction of sp³-hybridized carbons (Fsp3) is 0.417. The smallest absolute Gasteiger partial charge is 0.252 e. The molecule has 1 heterocycles. The Morgan fingerprint density at radius 3 is 2.39 bits per heavy atom. The van der Waals surface area contributed by atoms with Crippen LogP contribution in [0.4, 0.5) is 0 Å². The summed E-state index contributed by atoms with van der Waals surface area (Å²) in [5.41, 5.74) is 2.11. The van der Waals surface area contributed by atoms with Gasteiger partial charge in [-0.25, -0.2) is 8.42 Å². The van der Waals surface area contributed by atoms with E-state index in [1.54, 1.807) is 12.1 Å². The Morgan fingerprint density at radius 1 is 1.00 bits per heavy atom. The lowest BCUT2D eigenvalue weighted by Crippen LogP contribution is -2.34. The number of rotatable bonds is 10. The number of carbonyl (C=O) groups excluding carboxylic acids is 2. The molecule has 0 saturated carbocycles. The lowest BCUT2D eigenvalue weighted by Gasteiger charge is -2.15. The van der Waals surface area contributed by atoms with Crippen LogP contribution in [0.15, 0.2) is 53.4 Å². The van der Waals surface area contributed by atoms with Crippen LogP contribution in [0, 0.1) is 6.92 Å². The maximum atomic E-state index is 12.9. The average Bonchev–Trinajstić information content (AvgIpc) is 3.27. The molecule has 0 spiro atoms. The zero-order chi connectivity index (χ0) is 22.3. The van der Waals surface area contributed by atoms with E-state index in [9.17, 15) is 18.0 Å². The third-order valence-corrected chi connectivity index (χ3v) is 7.32. The Kier molecular flexibility index (Phi) is 7.98. The monoisotopic (exact) mass is 442 g/mol. The van der Waals surface area contributed by atoms with Gasteiger partial charge in [-0.1, -0.05) is 42.0 Å². The molecule has 0 unspecified atom stereocenters. The van der Waals surface area contributed by atoms with Crippen molar-refractivity contribution in [3.63, 3.8) is 0 Å². The van der Waals surface area contributed by atoms with Crippen molar-refractivity contribution in [3.05, 3.63) is 65.2 Å². The number of aryl methyl sites for hydroxylation is 1. The first-order chi connectivity index (χ1) is 14.8. The maximum Gasteiger partial charge on any atom is 0.252 e. The van der Waals surface area contributed by atoms with Gasteiger partial charge in [-0.15, -0.1) is 0 Å². The van der Waals surface area contributed by atoms with Gasteiger partial charge in [-0.3, -0.25) is 9.59 Å². The van der Waals surface area contributed by atoms with Crippen LogP contribution in [-0.4, -0.2) is 56.9 Å². The van der Waals surface area contributed by atoms with Gasteiger partial charge in [0.15, 0.2) is 9.84 Å². The van der Waals surface area contributed by atoms with E-state index in [-0.39, 0.29) is 34.8 Å². The van der Waals surface area contributed by atoms with E-state index in [1.807, 2.05) is 31.2 Å². The van der Waals surface area contributed by atoms with Crippen molar-refractivity contribution in [1.29, 1.82) is 0 Å². The number of benzene rings is 2. The third-order valence-electron chi connectivity index (χ3n) is 5.55. The second-order valence-corrected chi connectivity index (χ2v) is 10.1. The fourth-order valence-corrected chi connectivity index (χ4v) is 5.23. The van der Waals surface area contributed by atoms with Gasteiger partial charge >= 0.3 is 0 Å². The molecule has 7 heteroatoms. The number of sulfone groups is 1. The summed E-state index contributed by atoms with van der Waals surface area (Å²) in [6.07, 6.45) is 2.48. The Balaban J connectivity index is 1.59. The molecule has 0 aliphatic carbocycles. The van der Waals surface area contributed by atoms with Gasteiger partial charge < -0.3 is 10.2 Å².